The Bertz CT molecular complexity index is 877. The number of rotatable bonds is 8. The van der Waals surface area contributed by atoms with E-state index in [1.165, 1.54) is 20.2 Å². The van der Waals surface area contributed by atoms with E-state index in [1.54, 1.807) is 0 Å². The number of fused-ring (bicyclic) bond motifs is 1. The molecule has 2 aliphatic rings. The van der Waals surface area contributed by atoms with E-state index in [9.17, 15) is 9.59 Å². The molecule has 10 nitrogen and oxygen atoms in total. The van der Waals surface area contributed by atoms with Crippen LogP contribution in [0.15, 0.2) is 22.8 Å². The number of aliphatic imine (C=N–C) groups is 1. The number of H-pyrrole nitrogens is 1. The highest BCUT2D eigenvalue weighted by Crippen LogP contribution is 2.64. The van der Waals surface area contributed by atoms with E-state index in [0.29, 0.717) is 29.3 Å². The van der Waals surface area contributed by atoms with Crippen molar-refractivity contribution >= 4 is 23.5 Å². The predicted octanol–water partition coefficient (Wildman–Crippen LogP) is 1.78. The molecule has 2 aliphatic carbocycles. The van der Waals surface area contributed by atoms with Gasteiger partial charge in [0.15, 0.2) is 5.82 Å². The first-order valence-electron chi connectivity index (χ1n) is 10.5. The van der Waals surface area contributed by atoms with Gasteiger partial charge in [0, 0.05) is 49.5 Å². The molecule has 2 amide bonds. The molecule has 0 saturated heterocycles. The summed E-state index contributed by atoms with van der Waals surface area (Å²) in [6, 6.07) is 1.86. The molecule has 3 rings (SSSR count). The average molecular weight is 433 g/mol. The van der Waals surface area contributed by atoms with E-state index in [-0.39, 0.29) is 36.5 Å². The van der Waals surface area contributed by atoms with Gasteiger partial charge in [0.25, 0.3) is 5.91 Å². The van der Waals surface area contributed by atoms with E-state index < -0.39 is 5.91 Å². The number of aromatic amines is 1. The number of hydrogen-bond acceptors (Lipinski definition) is 7. The molecule has 1 heterocycles. The molecule has 0 aromatic carbocycles. The maximum Gasteiger partial charge on any atom is 0.407 e. The van der Waals surface area contributed by atoms with Crippen LogP contribution in [0.4, 0.5) is 10.6 Å². The summed E-state index contributed by atoms with van der Waals surface area (Å²) in [7, 11) is 3.04. The lowest BCUT2D eigenvalue weighted by molar-refractivity contribution is -0.110. The van der Waals surface area contributed by atoms with Gasteiger partial charge in [0.2, 0.25) is 0 Å². The molecular formula is C21H32N6O4. The summed E-state index contributed by atoms with van der Waals surface area (Å²) < 4.78 is 10.6. The van der Waals surface area contributed by atoms with Gasteiger partial charge in [0.05, 0.1) is 6.61 Å². The molecule has 0 radical (unpaired) electrons. The number of methoxy groups -OCH3 is 1. The molecule has 1 aromatic rings. The van der Waals surface area contributed by atoms with Crippen LogP contribution in [0, 0.1) is 17.8 Å². The Hall–Kier alpha value is -2.88. The third-order valence-electron chi connectivity index (χ3n) is 5.91. The fourth-order valence-electron chi connectivity index (χ4n) is 4.57. The quantitative estimate of drug-likeness (QED) is 0.461. The molecule has 170 valence electrons. The number of aromatic nitrogens is 2. The van der Waals surface area contributed by atoms with Crippen molar-refractivity contribution in [3.63, 3.8) is 0 Å². The van der Waals surface area contributed by atoms with Gasteiger partial charge < -0.3 is 25.8 Å². The topological polar surface area (TPSA) is 144 Å². The predicted molar refractivity (Wildman–Crippen MR) is 117 cm³/mol. The summed E-state index contributed by atoms with van der Waals surface area (Å²) >= 11 is 0. The standard InChI is InChI=1S/C21H32N6O4/c1-10(2)24-21(29)31-16-7-13(18-11(3)19(16)18)14-8-17(27-26-14)25-20(28)15(23-4)6-12(22)9-30-5/h6,8,10-11,13,16,18-19H,7,9,22H2,1-5H3,(H,24,29)(H2,25,26,27,28). The highest BCUT2D eigenvalue weighted by Gasteiger charge is 2.62. The second kappa shape index (κ2) is 9.51. The van der Waals surface area contributed by atoms with Crippen molar-refractivity contribution in [1.29, 1.82) is 0 Å². The molecule has 5 atom stereocenters. The maximum atomic E-state index is 12.5. The van der Waals surface area contributed by atoms with E-state index in [4.69, 9.17) is 15.2 Å². The molecule has 2 saturated carbocycles. The van der Waals surface area contributed by atoms with E-state index in [0.717, 1.165) is 12.1 Å². The highest BCUT2D eigenvalue weighted by atomic mass is 16.6. The Morgan fingerprint density at radius 1 is 1.42 bits per heavy atom. The van der Waals surface area contributed by atoms with Crippen molar-refractivity contribution in [3.8, 4) is 0 Å². The first kappa shape index (κ1) is 22.8. The first-order valence-corrected chi connectivity index (χ1v) is 10.5. The van der Waals surface area contributed by atoms with Crippen LogP contribution in [-0.2, 0) is 14.3 Å². The second-order valence-electron chi connectivity index (χ2n) is 8.52. The lowest BCUT2D eigenvalue weighted by atomic mass is 9.96. The highest BCUT2D eigenvalue weighted by molar-refractivity contribution is 6.47. The molecule has 0 spiro atoms. The summed E-state index contributed by atoms with van der Waals surface area (Å²) in [6.07, 6.45) is 1.73. The molecule has 2 fully saturated rings. The normalized spacial score (nSPS) is 27.7. The first-order chi connectivity index (χ1) is 14.7. The zero-order valence-electron chi connectivity index (χ0n) is 18.6. The van der Waals surface area contributed by atoms with Gasteiger partial charge in [-0.05, 0) is 38.2 Å². The van der Waals surface area contributed by atoms with Gasteiger partial charge in [-0.3, -0.25) is 14.9 Å². The van der Waals surface area contributed by atoms with Crippen LogP contribution in [0.1, 0.15) is 38.8 Å². The Balaban J connectivity index is 1.63. The number of carbonyl (C=O) groups excluding carboxylic acids is 2. The third kappa shape index (κ3) is 5.25. The molecule has 10 heteroatoms. The van der Waals surface area contributed by atoms with E-state index in [2.05, 4.69) is 32.7 Å². The Morgan fingerprint density at radius 2 is 2.16 bits per heavy atom. The van der Waals surface area contributed by atoms with Crippen LogP contribution in [0.3, 0.4) is 0 Å². The van der Waals surface area contributed by atoms with Crippen molar-refractivity contribution in [1.82, 2.24) is 15.5 Å². The van der Waals surface area contributed by atoms with Crippen LogP contribution in [0.5, 0.6) is 0 Å². The summed E-state index contributed by atoms with van der Waals surface area (Å²) in [5, 5.41) is 12.8. The maximum absolute atomic E-state index is 12.5. The van der Waals surface area contributed by atoms with Gasteiger partial charge in [0.1, 0.15) is 11.8 Å². The van der Waals surface area contributed by atoms with Crippen LogP contribution in [0.2, 0.25) is 0 Å². The van der Waals surface area contributed by atoms with Gasteiger partial charge in [-0.2, -0.15) is 5.10 Å². The largest absolute Gasteiger partial charge is 0.446 e. The Kier molecular flexibility index (Phi) is 6.99. The monoisotopic (exact) mass is 432 g/mol. The Labute approximate surface area is 182 Å². The number of alkyl carbamates (subject to hydrolysis) is 1. The molecule has 1 aromatic heterocycles. The summed E-state index contributed by atoms with van der Waals surface area (Å²) in [4.78, 5) is 28.5. The minimum Gasteiger partial charge on any atom is -0.446 e. The van der Waals surface area contributed by atoms with Crippen molar-refractivity contribution in [2.45, 2.75) is 45.3 Å². The molecule has 0 aliphatic heterocycles. The fourth-order valence-corrected chi connectivity index (χ4v) is 4.57. The SMILES string of the molecule is CN=C(C=C(N)COC)C(=O)Nc1cc(C2CC(OC(=O)NC(C)C)C3C(C)C23)[nH]n1. The smallest absolute Gasteiger partial charge is 0.407 e. The molecule has 5 N–H and O–H groups in total. The van der Waals surface area contributed by atoms with E-state index >= 15 is 0 Å². The number of nitrogens with zero attached hydrogens (tertiary/aromatic N) is 2. The molecule has 5 unspecified atom stereocenters. The minimum atomic E-state index is -0.407. The minimum absolute atomic E-state index is 0.0344. The van der Waals surface area contributed by atoms with Crippen molar-refractivity contribution in [2.75, 3.05) is 26.1 Å². The van der Waals surface area contributed by atoms with E-state index in [1.807, 2.05) is 19.9 Å². The summed E-state index contributed by atoms with van der Waals surface area (Å²) in [5.41, 5.74) is 7.30. The Morgan fingerprint density at radius 3 is 2.81 bits per heavy atom. The van der Waals surface area contributed by atoms with Crippen molar-refractivity contribution in [2.24, 2.45) is 28.5 Å². The average Bonchev–Trinajstić information content (AvgIpc) is 3.03. The molecule has 31 heavy (non-hydrogen) atoms. The number of nitrogens with two attached hydrogens (primary N) is 1. The number of amides is 2. The number of hydrogen-bond donors (Lipinski definition) is 4. The third-order valence-corrected chi connectivity index (χ3v) is 5.91. The molecule has 0 bridgehead atoms. The van der Waals surface area contributed by atoms with Crippen LogP contribution < -0.4 is 16.4 Å². The van der Waals surface area contributed by atoms with Gasteiger partial charge in [-0.1, -0.05) is 6.92 Å². The lowest BCUT2D eigenvalue weighted by Gasteiger charge is -2.19. The number of ether oxygens (including phenoxy) is 2. The number of nitrogens with one attached hydrogen (secondary N) is 3. The summed E-state index contributed by atoms with van der Waals surface area (Å²) in [5.74, 6) is 1.47. The second-order valence-corrected chi connectivity index (χ2v) is 8.52. The van der Waals surface area contributed by atoms with Crippen molar-refractivity contribution in [3.05, 3.63) is 23.5 Å². The van der Waals surface area contributed by atoms with Crippen LogP contribution in [0.25, 0.3) is 0 Å². The molecular weight excluding hydrogens is 400 g/mol. The van der Waals surface area contributed by atoms with Gasteiger partial charge >= 0.3 is 6.09 Å². The number of carbonyl (C=O) groups is 2. The van der Waals surface area contributed by atoms with Crippen molar-refractivity contribution < 1.29 is 19.1 Å². The van der Waals surface area contributed by atoms with Crippen LogP contribution >= 0.6 is 0 Å². The zero-order chi connectivity index (χ0) is 22.7. The van der Waals surface area contributed by atoms with Gasteiger partial charge in [-0.25, -0.2) is 4.79 Å². The van der Waals surface area contributed by atoms with Crippen LogP contribution in [-0.4, -0.2) is 60.8 Å². The summed E-state index contributed by atoms with van der Waals surface area (Å²) in [6.45, 7) is 6.19. The number of anilines is 1. The fraction of sp³-hybridized carbons (Fsp3) is 0.619. The van der Waals surface area contributed by atoms with Gasteiger partial charge in [-0.15, -0.1) is 0 Å². The lowest BCUT2D eigenvalue weighted by Crippen LogP contribution is -2.34. The zero-order valence-corrected chi connectivity index (χ0v) is 18.6.